The summed E-state index contributed by atoms with van der Waals surface area (Å²) in [5.74, 6) is 1.17. The van der Waals surface area contributed by atoms with E-state index < -0.39 is 0 Å². The van der Waals surface area contributed by atoms with Gasteiger partial charge in [0.1, 0.15) is 0 Å². The molecule has 2 aliphatic rings. The monoisotopic (exact) mass is 381 g/mol. The minimum atomic E-state index is 0.382. The van der Waals surface area contributed by atoms with Gasteiger partial charge in [0.2, 0.25) is 5.91 Å². The first kappa shape index (κ1) is 24.4. The van der Waals surface area contributed by atoms with Gasteiger partial charge < -0.3 is 14.7 Å². The van der Waals surface area contributed by atoms with E-state index in [9.17, 15) is 4.79 Å². The van der Waals surface area contributed by atoms with E-state index in [1.54, 1.807) is 0 Å². The maximum Gasteiger partial charge on any atom is 0.222 e. The van der Waals surface area contributed by atoms with Crippen LogP contribution in [0.3, 0.4) is 0 Å². The number of amides is 1. The number of hydrogen-bond donors (Lipinski definition) is 0. The van der Waals surface area contributed by atoms with Gasteiger partial charge >= 0.3 is 0 Å². The molecule has 0 unspecified atom stereocenters. The number of piperazine rings is 1. The third kappa shape index (κ3) is 9.94. The fourth-order valence-corrected chi connectivity index (χ4v) is 3.91. The van der Waals surface area contributed by atoms with Gasteiger partial charge in [-0.25, -0.2) is 0 Å². The van der Waals surface area contributed by atoms with Crippen LogP contribution in [0.2, 0.25) is 0 Å². The second-order valence-electron chi connectivity index (χ2n) is 9.38. The second-order valence-corrected chi connectivity index (χ2v) is 9.38. The summed E-state index contributed by atoms with van der Waals surface area (Å²) in [7, 11) is 0. The molecule has 4 nitrogen and oxygen atoms in total. The largest absolute Gasteiger partial charge is 0.343 e. The summed E-state index contributed by atoms with van der Waals surface area (Å²) < 4.78 is 0. The van der Waals surface area contributed by atoms with Crippen molar-refractivity contribution < 1.29 is 4.79 Å². The van der Waals surface area contributed by atoms with Crippen LogP contribution in [0.5, 0.6) is 0 Å². The highest BCUT2D eigenvalue weighted by Gasteiger charge is 2.25. The predicted octanol–water partition coefficient (Wildman–Crippen LogP) is 4.50. The van der Waals surface area contributed by atoms with Gasteiger partial charge in [-0.3, -0.25) is 4.79 Å². The van der Waals surface area contributed by atoms with Gasteiger partial charge in [-0.15, -0.1) is 0 Å². The fourth-order valence-electron chi connectivity index (χ4n) is 3.91. The maximum absolute atomic E-state index is 12.1. The normalized spacial score (nSPS) is 20.3. The molecule has 2 rings (SSSR count). The number of unbranched alkanes of at least 4 members (excludes halogenated alkanes) is 1. The summed E-state index contributed by atoms with van der Waals surface area (Å²) in [5, 5.41) is 0. The van der Waals surface area contributed by atoms with Crippen LogP contribution in [0.15, 0.2) is 0 Å². The van der Waals surface area contributed by atoms with E-state index in [-0.39, 0.29) is 0 Å². The molecule has 0 N–H and O–H groups in total. The van der Waals surface area contributed by atoms with Crippen LogP contribution in [-0.4, -0.2) is 73.0 Å². The average molecular weight is 382 g/mol. The van der Waals surface area contributed by atoms with E-state index in [0.29, 0.717) is 11.3 Å². The molecule has 2 heterocycles. The van der Waals surface area contributed by atoms with Gasteiger partial charge in [0.25, 0.3) is 0 Å². The number of rotatable bonds is 7. The molecule has 2 aliphatic heterocycles. The minimum Gasteiger partial charge on any atom is -0.343 e. The number of carbonyl (C=O) groups is 1. The number of nitrogens with zero attached hydrogens (tertiary/aromatic N) is 3. The standard InChI is InChI=1S/C21H41N3O.C2H6/c1-5-6-7-20(25)24-11-8-19(9-12-24)18-23-16-14-22(15-17-23)13-10-21(2,3)4;1-2/h19H,5-18H2,1-4H3;1-2H3. The Bertz CT molecular complexity index is 389. The van der Waals surface area contributed by atoms with Crippen molar-refractivity contribution in [1.82, 2.24) is 14.7 Å². The first-order chi connectivity index (χ1) is 12.9. The zero-order valence-electron chi connectivity index (χ0n) is 19.2. The van der Waals surface area contributed by atoms with Gasteiger partial charge in [-0.05, 0) is 43.6 Å². The molecule has 0 aliphatic carbocycles. The average Bonchev–Trinajstić information content (AvgIpc) is 2.67. The van der Waals surface area contributed by atoms with Crippen LogP contribution in [0.25, 0.3) is 0 Å². The fraction of sp³-hybridized carbons (Fsp3) is 0.957. The van der Waals surface area contributed by atoms with E-state index in [4.69, 9.17) is 0 Å². The van der Waals surface area contributed by atoms with Crippen LogP contribution in [0.4, 0.5) is 0 Å². The first-order valence-corrected chi connectivity index (χ1v) is 11.6. The van der Waals surface area contributed by atoms with Gasteiger partial charge in [-0.1, -0.05) is 48.0 Å². The second kappa shape index (κ2) is 12.8. The SMILES string of the molecule is CC.CCCCC(=O)N1CCC(CN2CCN(CCC(C)(C)C)CC2)CC1. The Balaban J connectivity index is 0.00000176. The minimum absolute atomic E-state index is 0.382. The first-order valence-electron chi connectivity index (χ1n) is 11.6. The van der Waals surface area contributed by atoms with Crippen molar-refractivity contribution in [3.8, 4) is 0 Å². The van der Waals surface area contributed by atoms with E-state index in [2.05, 4.69) is 42.4 Å². The van der Waals surface area contributed by atoms with Crippen LogP contribution in [0, 0.1) is 11.3 Å². The molecule has 0 aromatic carbocycles. The molecule has 2 saturated heterocycles. The number of piperidine rings is 1. The summed E-state index contributed by atoms with van der Waals surface area (Å²) in [6.45, 7) is 22.5. The summed E-state index contributed by atoms with van der Waals surface area (Å²) in [6, 6.07) is 0. The maximum atomic E-state index is 12.1. The molecule has 0 aromatic rings. The lowest BCUT2D eigenvalue weighted by molar-refractivity contribution is -0.132. The molecule has 160 valence electrons. The zero-order chi connectivity index (χ0) is 20.3. The van der Waals surface area contributed by atoms with E-state index in [1.807, 2.05) is 13.8 Å². The van der Waals surface area contributed by atoms with Crippen molar-refractivity contribution in [3.05, 3.63) is 0 Å². The molecular formula is C23H47N3O. The Kier molecular flexibility index (Phi) is 11.6. The summed E-state index contributed by atoms with van der Waals surface area (Å²) >= 11 is 0. The highest BCUT2D eigenvalue weighted by Crippen LogP contribution is 2.22. The third-order valence-corrected chi connectivity index (χ3v) is 5.87. The lowest BCUT2D eigenvalue weighted by Gasteiger charge is -2.39. The highest BCUT2D eigenvalue weighted by molar-refractivity contribution is 5.76. The van der Waals surface area contributed by atoms with Crippen LogP contribution in [-0.2, 0) is 4.79 Å². The van der Waals surface area contributed by atoms with E-state index in [0.717, 1.165) is 38.3 Å². The lowest BCUT2D eigenvalue weighted by atomic mass is 9.92. The van der Waals surface area contributed by atoms with Crippen LogP contribution < -0.4 is 0 Å². The number of likely N-dealkylation sites (tertiary alicyclic amines) is 1. The summed E-state index contributed by atoms with van der Waals surface area (Å²) in [4.78, 5) is 19.5. The topological polar surface area (TPSA) is 26.8 Å². The Morgan fingerprint density at radius 3 is 2.00 bits per heavy atom. The molecule has 0 bridgehead atoms. The van der Waals surface area contributed by atoms with Crippen molar-refractivity contribution in [1.29, 1.82) is 0 Å². The van der Waals surface area contributed by atoms with Crippen molar-refractivity contribution in [2.75, 3.05) is 52.4 Å². The third-order valence-electron chi connectivity index (χ3n) is 5.87. The molecule has 0 spiro atoms. The molecule has 0 radical (unpaired) electrons. The molecular weight excluding hydrogens is 334 g/mol. The zero-order valence-corrected chi connectivity index (χ0v) is 19.2. The van der Waals surface area contributed by atoms with Gasteiger partial charge in [0, 0.05) is 52.2 Å². The Morgan fingerprint density at radius 1 is 0.926 bits per heavy atom. The van der Waals surface area contributed by atoms with Crippen molar-refractivity contribution in [2.45, 2.75) is 80.1 Å². The van der Waals surface area contributed by atoms with Crippen molar-refractivity contribution in [3.63, 3.8) is 0 Å². The molecule has 2 fully saturated rings. The van der Waals surface area contributed by atoms with Gasteiger partial charge in [-0.2, -0.15) is 0 Å². The van der Waals surface area contributed by atoms with Gasteiger partial charge in [0.15, 0.2) is 0 Å². The number of hydrogen-bond acceptors (Lipinski definition) is 3. The predicted molar refractivity (Wildman–Crippen MR) is 117 cm³/mol. The smallest absolute Gasteiger partial charge is 0.222 e. The van der Waals surface area contributed by atoms with Crippen LogP contribution in [0.1, 0.15) is 80.1 Å². The Morgan fingerprint density at radius 2 is 1.48 bits per heavy atom. The van der Waals surface area contributed by atoms with E-state index in [1.165, 1.54) is 58.5 Å². The highest BCUT2D eigenvalue weighted by atomic mass is 16.2. The molecule has 0 atom stereocenters. The molecule has 0 saturated carbocycles. The molecule has 4 heteroatoms. The molecule has 0 aromatic heterocycles. The van der Waals surface area contributed by atoms with Crippen molar-refractivity contribution in [2.24, 2.45) is 11.3 Å². The number of carbonyl (C=O) groups excluding carboxylic acids is 1. The molecule has 27 heavy (non-hydrogen) atoms. The van der Waals surface area contributed by atoms with E-state index >= 15 is 0 Å². The molecule has 1 amide bonds. The van der Waals surface area contributed by atoms with Crippen molar-refractivity contribution >= 4 is 5.91 Å². The quantitative estimate of drug-likeness (QED) is 0.650. The Hall–Kier alpha value is -0.610. The summed E-state index contributed by atoms with van der Waals surface area (Å²) in [6.07, 6.45) is 6.58. The van der Waals surface area contributed by atoms with Crippen LogP contribution >= 0.6 is 0 Å². The van der Waals surface area contributed by atoms with Gasteiger partial charge in [0.05, 0.1) is 0 Å². The summed E-state index contributed by atoms with van der Waals surface area (Å²) in [5.41, 5.74) is 0.444. The Labute approximate surface area is 169 Å². The lowest BCUT2D eigenvalue weighted by Crippen LogP contribution is -2.49.